The van der Waals surface area contributed by atoms with Gasteiger partial charge in [-0.1, -0.05) is 0 Å². The Morgan fingerprint density at radius 2 is 2.21 bits per heavy atom. The number of rotatable bonds is 6. The quantitative estimate of drug-likeness (QED) is 0.690. The number of methoxy groups -OCH3 is 1. The molecule has 0 radical (unpaired) electrons. The summed E-state index contributed by atoms with van der Waals surface area (Å²) in [5.74, 6) is 1.68. The Morgan fingerprint density at radius 3 is 2.92 bits per heavy atom. The number of thiazole rings is 1. The van der Waals surface area contributed by atoms with Crippen LogP contribution in [-0.4, -0.2) is 31.5 Å². The standard InChI is InChI=1S/C15H18N4O4S/c1-21-11-6-13-12(22-8-23-13)5-10(11)19-15(20)17-4-2-3-9-7-24-14(16)18-9/h5-7H,2-4,8H2,1H3,(H2,16,18)(H2,17,19,20). The number of aryl methyl sites for hydroxylation is 1. The third-order valence-electron chi connectivity index (χ3n) is 3.41. The maximum Gasteiger partial charge on any atom is 0.319 e. The average molecular weight is 350 g/mol. The number of hydrogen-bond donors (Lipinski definition) is 3. The van der Waals surface area contributed by atoms with E-state index in [-0.39, 0.29) is 12.8 Å². The lowest BCUT2D eigenvalue weighted by molar-refractivity contribution is 0.174. The van der Waals surface area contributed by atoms with Crippen LogP contribution in [0.1, 0.15) is 12.1 Å². The number of anilines is 2. The average Bonchev–Trinajstić information content (AvgIpc) is 3.19. The van der Waals surface area contributed by atoms with E-state index < -0.39 is 0 Å². The molecule has 0 spiro atoms. The maximum atomic E-state index is 12.0. The molecule has 0 bridgehead atoms. The monoisotopic (exact) mass is 350 g/mol. The normalized spacial score (nSPS) is 12.0. The van der Waals surface area contributed by atoms with Crippen molar-refractivity contribution in [1.82, 2.24) is 10.3 Å². The minimum atomic E-state index is -0.315. The number of fused-ring (bicyclic) bond motifs is 1. The van der Waals surface area contributed by atoms with Gasteiger partial charge in [-0.2, -0.15) is 0 Å². The number of benzene rings is 1. The molecule has 1 aliphatic heterocycles. The second-order valence-electron chi connectivity index (χ2n) is 5.07. The fourth-order valence-corrected chi connectivity index (χ4v) is 2.86. The minimum Gasteiger partial charge on any atom is -0.494 e. The molecule has 3 rings (SSSR count). The highest BCUT2D eigenvalue weighted by atomic mass is 32.1. The second kappa shape index (κ2) is 7.26. The molecular formula is C15H18N4O4S. The first-order chi connectivity index (χ1) is 11.7. The van der Waals surface area contributed by atoms with E-state index in [9.17, 15) is 4.79 Å². The second-order valence-corrected chi connectivity index (χ2v) is 5.96. The van der Waals surface area contributed by atoms with Gasteiger partial charge in [0.1, 0.15) is 5.75 Å². The van der Waals surface area contributed by atoms with Gasteiger partial charge in [-0.15, -0.1) is 11.3 Å². The summed E-state index contributed by atoms with van der Waals surface area (Å²) in [6.45, 7) is 0.686. The SMILES string of the molecule is COc1cc2c(cc1NC(=O)NCCCc1csc(N)n1)OCO2. The molecule has 0 atom stereocenters. The predicted molar refractivity (Wildman–Crippen MR) is 91.0 cm³/mol. The van der Waals surface area contributed by atoms with Crippen LogP contribution in [0.2, 0.25) is 0 Å². The molecule has 0 saturated heterocycles. The number of ether oxygens (including phenoxy) is 3. The van der Waals surface area contributed by atoms with Gasteiger partial charge < -0.3 is 30.6 Å². The van der Waals surface area contributed by atoms with E-state index in [0.717, 1.165) is 18.5 Å². The lowest BCUT2D eigenvalue weighted by Gasteiger charge is -2.12. The van der Waals surface area contributed by atoms with Gasteiger partial charge in [-0.05, 0) is 12.8 Å². The van der Waals surface area contributed by atoms with Crippen LogP contribution in [0, 0.1) is 0 Å². The molecule has 4 N–H and O–H groups in total. The van der Waals surface area contributed by atoms with Crippen molar-refractivity contribution >= 4 is 28.2 Å². The van der Waals surface area contributed by atoms with Crippen molar-refractivity contribution in [3.8, 4) is 17.2 Å². The Hall–Kier alpha value is -2.68. The maximum absolute atomic E-state index is 12.0. The largest absolute Gasteiger partial charge is 0.494 e. The van der Waals surface area contributed by atoms with Crippen molar-refractivity contribution in [1.29, 1.82) is 0 Å². The van der Waals surface area contributed by atoms with Gasteiger partial charge in [0.05, 0.1) is 18.5 Å². The molecule has 128 valence electrons. The Morgan fingerprint density at radius 1 is 1.42 bits per heavy atom. The van der Waals surface area contributed by atoms with E-state index >= 15 is 0 Å². The molecule has 2 amide bonds. The van der Waals surface area contributed by atoms with E-state index in [2.05, 4.69) is 15.6 Å². The van der Waals surface area contributed by atoms with Crippen molar-refractivity contribution < 1.29 is 19.0 Å². The smallest absolute Gasteiger partial charge is 0.319 e. The van der Waals surface area contributed by atoms with Crippen LogP contribution >= 0.6 is 11.3 Å². The number of aromatic nitrogens is 1. The summed E-state index contributed by atoms with van der Waals surface area (Å²) in [4.78, 5) is 16.2. The van der Waals surface area contributed by atoms with Crippen LogP contribution < -0.4 is 30.6 Å². The van der Waals surface area contributed by atoms with Crippen molar-refractivity contribution in [3.05, 3.63) is 23.2 Å². The van der Waals surface area contributed by atoms with Gasteiger partial charge in [-0.3, -0.25) is 0 Å². The van der Waals surface area contributed by atoms with E-state index in [1.807, 2.05) is 5.38 Å². The van der Waals surface area contributed by atoms with Crippen LogP contribution in [0.5, 0.6) is 17.2 Å². The lowest BCUT2D eigenvalue weighted by atomic mass is 10.2. The molecule has 1 aromatic carbocycles. The molecule has 24 heavy (non-hydrogen) atoms. The summed E-state index contributed by atoms with van der Waals surface area (Å²) in [7, 11) is 1.53. The predicted octanol–water partition coefficient (Wildman–Crippen LogP) is 2.22. The Balaban J connectivity index is 1.49. The number of urea groups is 1. The summed E-state index contributed by atoms with van der Waals surface area (Å²) < 4.78 is 15.8. The molecule has 9 heteroatoms. The first-order valence-corrected chi connectivity index (χ1v) is 8.26. The van der Waals surface area contributed by atoms with Crippen LogP contribution in [0.3, 0.4) is 0 Å². The Kier molecular flexibility index (Phi) is 4.90. The minimum absolute atomic E-state index is 0.162. The summed E-state index contributed by atoms with van der Waals surface area (Å²) in [5, 5.41) is 8.03. The van der Waals surface area contributed by atoms with E-state index in [4.69, 9.17) is 19.9 Å². The van der Waals surface area contributed by atoms with Gasteiger partial charge in [0.2, 0.25) is 6.79 Å². The number of nitrogens with zero attached hydrogens (tertiary/aromatic N) is 1. The molecule has 0 saturated carbocycles. The van der Waals surface area contributed by atoms with Crippen molar-refractivity contribution in [2.75, 3.05) is 31.5 Å². The number of carbonyl (C=O) groups is 1. The Labute approximate surface area is 142 Å². The highest BCUT2D eigenvalue weighted by molar-refractivity contribution is 7.13. The van der Waals surface area contributed by atoms with Gasteiger partial charge in [0.25, 0.3) is 0 Å². The highest BCUT2D eigenvalue weighted by Crippen LogP contribution is 2.40. The topological polar surface area (TPSA) is 108 Å². The van der Waals surface area contributed by atoms with E-state index in [1.54, 1.807) is 12.1 Å². The molecule has 0 unspecified atom stereocenters. The van der Waals surface area contributed by atoms with Crippen LogP contribution in [0.25, 0.3) is 0 Å². The number of nitrogens with two attached hydrogens (primary N) is 1. The summed E-state index contributed by atoms with van der Waals surface area (Å²) in [6, 6.07) is 3.05. The number of carbonyl (C=O) groups excluding carboxylic acids is 1. The Bertz CT molecular complexity index is 734. The number of amides is 2. The van der Waals surface area contributed by atoms with E-state index in [1.165, 1.54) is 18.4 Å². The molecular weight excluding hydrogens is 332 g/mol. The zero-order valence-corrected chi connectivity index (χ0v) is 13.9. The molecule has 2 aromatic rings. The molecule has 0 fully saturated rings. The van der Waals surface area contributed by atoms with Crippen molar-refractivity contribution in [2.24, 2.45) is 0 Å². The third-order valence-corrected chi connectivity index (χ3v) is 4.13. The number of hydrogen-bond acceptors (Lipinski definition) is 7. The highest BCUT2D eigenvalue weighted by Gasteiger charge is 2.18. The summed E-state index contributed by atoms with van der Waals surface area (Å²) >= 11 is 1.42. The van der Waals surface area contributed by atoms with Gasteiger partial charge in [0.15, 0.2) is 16.6 Å². The molecule has 2 heterocycles. The van der Waals surface area contributed by atoms with Crippen molar-refractivity contribution in [2.45, 2.75) is 12.8 Å². The molecule has 0 aliphatic carbocycles. The van der Waals surface area contributed by atoms with Crippen molar-refractivity contribution in [3.63, 3.8) is 0 Å². The molecule has 1 aromatic heterocycles. The van der Waals surface area contributed by atoms with Crippen LogP contribution in [0.15, 0.2) is 17.5 Å². The van der Waals surface area contributed by atoms with Crippen LogP contribution in [0.4, 0.5) is 15.6 Å². The molecule has 8 nitrogen and oxygen atoms in total. The number of nitrogens with one attached hydrogen (secondary N) is 2. The first-order valence-electron chi connectivity index (χ1n) is 7.38. The molecule has 1 aliphatic rings. The number of nitrogen functional groups attached to an aromatic ring is 1. The lowest BCUT2D eigenvalue weighted by Crippen LogP contribution is -2.29. The van der Waals surface area contributed by atoms with Gasteiger partial charge in [0, 0.05) is 24.1 Å². The first kappa shape index (κ1) is 16.2. The zero-order valence-electron chi connectivity index (χ0n) is 13.1. The summed E-state index contributed by atoms with van der Waals surface area (Å²) in [5.41, 5.74) is 7.04. The third kappa shape index (κ3) is 3.80. The van der Waals surface area contributed by atoms with E-state index in [0.29, 0.717) is 34.6 Å². The summed E-state index contributed by atoms with van der Waals surface area (Å²) in [6.07, 6.45) is 1.54. The fraction of sp³-hybridized carbons (Fsp3) is 0.333. The van der Waals surface area contributed by atoms with Crippen LogP contribution in [-0.2, 0) is 6.42 Å². The fourth-order valence-electron chi connectivity index (χ4n) is 2.27. The van der Waals surface area contributed by atoms with Gasteiger partial charge in [-0.25, -0.2) is 9.78 Å². The van der Waals surface area contributed by atoms with Gasteiger partial charge >= 0.3 is 6.03 Å². The zero-order chi connectivity index (χ0) is 16.9.